The molecule has 0 radical (unpaired) electrons. The van der Waals surface area contributed by atoms with Gasteiger partial charge in [-0.25, -0.2) is 9.97 Å². The van der Waals surface area contributed by atoms with E-state index in [9.17, 15) is 0 Å². The molecule has 0 amide bonds. The van der Waals surface area contributed by atoms with E-state index in [-0.39, 0.29) is 6.10 Å². The van der Waals surface area contributed by atoms with Crippen LogP contribution in [0, 0.1) is 0 Å². The average Bonchev–Trinajstić information content (AvgIpc) is 2.50. The lowest BCUT2D eigenvalue weighted by Crippen LogP contribution is -2.23. The van der Waals surface area contributed by atoms with Crippen LogP contribution in [0.1, 0.15) is 44.1 Å². The van der Waals surface area contributed by atoms with Gasteiger partial charge in [-0.15, -0.1) is 0 Å². The Balaban J connectivity index is 2.16. The van der Waals surface area contributed by atoms with Crippen LogP contribution in [0.5, 0.6) is 0 Å². The van der Waals surface area contributed by atoms with Crippen LogP contribution < -0.4 is 5.32 Å². The minimum absolute atomic E-state index is 0.245. The van der Waals surface area contributed by atoms with Gasteiger partial charge in [0, 0.05) is 26.7 Å². The molecule has 1 N–H and O–H groups in total. The molecule has 6 heteroatoms. The SMILES string of the molecule is CCCNc1nc(CC2CCCCO2)nc(COC)c1Br. The molecule has 21 heavy (non-hydrogen) atoms. The zero-order valence-electron chi connectivity index (χ0n) is 12.8. The average molecular weight is 358 g/mol. The Morgan fingerprint density at radius 3 is 2.90 bits per heavy atom. The molecule has 1 aliphatic heterocycles. The fraction of sp³-hybridized carbons (Fsp3) is 0.733. The predicted octanol–water partition coefficient (Wildman–Crippen LogP) is 3.32. The monoisotopic (exact) mass is 357 g/mol. The highest BCUT2D eigenvalue weighted by molar-refractivity contribution is 9.10. The van der Waals surface area contributed by atoms with Crippen molar-refractivity contribution in [2.24, 2.45) is 0 Å². The van der Waals surface area contributed by atoms with Gasteiger partial charge in [0.05, 0.1) is 22.9 Å². The molecule has 1 saturated heterocycles. The van der Waals surface area contributed by atoms with Crippen LogP contribution in [0.15, 0.2) is 4.47 Å². The molecule has 1 unspecified atom stereocenters. The molecule has 0 bridgehead atoms. The van der Waals surface area contributed by atoms with Crippen molar-refractivity contribution in [2.75, 3.05) is 25.6 Å². The maximum absolute atomic E-state index is 5.79. The number of nitrogens with one attached hydrogen (secondary N) is 1. The van der Waals surface area contributed by atoms with Crippen LogP contribution >= 0.6 is 15.9 Å². The third kappa shape index (κ3) is 4.90. The summed E-state index contributed by atoms with van der Waals surface area (Å²) in [5.41, 5.74) is 0.886. The van der Waals surface area contributed by atoms with Crippen LogP contribution in [0.3, 0.4) is 0 Å². The number of methoxy groups -OCH3 is 1. The van der Waals surface area contributed by atoms with E-state index in [1.165, 1.54) is 6.42 Å². The third-order valence-corrected chi connectivity index (χ3v) is 4.31. The molecular weight excluding hydrogens is 334 g/mol. The van der Waals surface area contributed by atoms with Gasteiger partial charge >= 0.3 is 0 Å². The Labute approximate surface area is 135 Å². The van der Waals surface area contributed by atoms with Gasteiger partial charge in [0.1, 0.15) is 11.6 Å². The Bertz CT molecular complexity index is 451. The second-order valence-corrected chi connectivity index (χ2v) is 6.09. The minimum Gasteiger partial charge on any atom is -0.378 e. The summed E-state index contributed by atoms with van der Waals surface area (Å²) in [6.07, 6.45) is 5.55. The summed E-state index contributed by atoms with van der Waals surface area (Å²) in [6, 6.07) is 0. The first-order valence-electron chi connectivity index (χ1n) is 7.64. The highest BCUT2D eigenvalue weighted by Gasteiger charge is 2.18. The van der Waals surface area contributed by atoms with Gasteiger partial charge in [-0.1, -0.05) is 6.92 Å². The van der Waals surface area contributed by atoms with E-state index in [4.69, 9.17) is 9.47 Å². The molecule has 1 aromatic heterocycles. The lowest BCUT2D eigenvalue weighted by molar-refractivity contribution is 0.0156. The number of halogens is 1. The zero-order chi connectivity index (χ0) is 15.1. The number of rotatable bonds is 7. The smallest absolute Gasteiger partial charge is 0.144 e. The maximum atomic E-state index is 5.79. The first-order valence-corrected chi connectivity index (χ1v) is 8.43. The lowest BCUT2D eigenvalue weighted by atomic mass is 10.1. The maximum Gasteiger partial charge on any atom is 0.144 e. The summed E-state index contributed by atoms with van der Waals surface area (Å²) in [5.74, 6) is 1.68. The van der Waals surface area contributed by atoms with Crippen molar-refractivity contribution in [3.8, 4) is 0 Å². The van der Waals surface area contributed by atoms with E-state index in [0.717, 1.165) is 60.6 Å². The fourth-order valence-electron chi connectivity index (χ4n) is 2.40. The van der Waals surface area contributed by atoms with Crippen LogP contribution in [0.4, 0.5) is 5.82 Å². The standard InChI is InChI=1S/C15H24BrN3O2/c1-3-7-17-15-14(16)12(10-20-2)18-13(19-15)9-11-6-4-5-8-21-11/h11H,3-10H2,1-2H3,(H,17,18,19). The van der Waals surface area contributed by atoms with E-state index >= 15 is 0 Å². The Morgan fingerprint density at radius 1 is 1.38 bits per heavy atom. The van der Waals surface area contributed by atoms with Crippen LogP contribution in [-0.4, -0.2) is 36.3 Å². The topological polar surface area (TPSA) is 56.3 Å². The summed E-state index contributed by atoms with van der Waals surface area (Å²) in [4.78, 5) is 9.26. The van der Waals surface area contributed by atoms with Crippen molar-refractivity contribution in [1.29, 1.82) is 0 Å². The largest absolute Gasteiger partial charge is 0.378 e. The molecule has 0 saturated carbocycles. The van der Waals surface area contributed by atoms with Crippen LogP contribution in [0.25, 0.3) is 0 Å². The number of aromatic nitrogens is 2. The van der Waals surface area contributed by atoms with Gasteiger partial charge in [0.2, 0.25) is 0 Å². The molecule has 1 atom stereocenters. The van der Waals surface area contributed by atoms with Gasteiger partial charge in [-0.05, 0) is 41.6 Å². The number of hydrogen-bond donors (Lipinski definition) is 1. The molecule has 2 rings (SSSR count). The summed E-state index contributed by atoms with van der Waals surface area (Å²) in [5, 5.41) is 3.34. The molecular formula is C15H24BrN3O2. The molecule has 0 aliphatic carbocycles. The van der Waals surface area contributed by atoms with Gasteiger partial charge in [0.15, 0.2) is 0 Å². The first-order chi connectivity index (χ1) is 10.2. The van der Waals surface area contributed by atoms with Crippen molar-refractivity contribution in [3.05, 3.63) is 16.0 Å². The normalized spacial score (nSPS) is 18.7. The number of hydrogen-bond acceptors (Lipinski definition) is 5. The molecule has 1 aromatic rings. The third-order valence-electron chi connectivity index (χ3n) is 3.47. The number of nitrogens with zero attached hydrogens (tertiary/aromatic N) is 2. The Kier molecular flexibility index (Phi) is 6.86. The molecule has 5 nitrogen and oxygen atoms in total. The summed E-state index contributed by atoms with van der Waals surface area (Å²) in [6.45, 7) is 4.35. The van der Waals surface area contributed by atoms with E-state index < -0.39 is 0 Å². The van der Waals surface area contributed by atoms with Crippen molar-refractivity contribution in [3.63, 3.8) is 0 Å². The first kappa shape index (κ1) is 16.6. The molecule has 1 fully saturated rings. The van der Waals surface area contributed by atoms with Crippen molar-refractivity contribution >= 4 is 21.7 Å². The lowest BCUT2D eigenvalue weighted by Gasteiger charge is -2.22. The number of anilines is 1. The quantitative estimate of drug-likeness (QED) is 0.810. The summed E-state index contributed by atoms with van der Waals surface area (Å²) in [7, 11) is 1.68. The summed E-state index contributed by atoms with van der Waals surface area (Å²) >= 11 is 3.57. The zero-order valence-corrected chi connectivity index (χ0v) is 14.4. The molecule has 0 aromatic carbocycles. The molecule has 118 valence electrons. The molecule has 2 heterocycles. The van der Waals surface area contributed by atoms with Crippen LogP contribution in [-0.2, 0) is 22.5 Å². The second kappa shape index (κ2) is 8.66. The van der Waals surface area contributed by atoms with E-state index in [1.807, 2.05) is 0 Å². The van der Waals surface area contributed by atoms with E-state index in [1.54, 1.807) is 7.11 Å². The summed E-state index contributed by atoms with van der Waals surface area (Å²) < 4.78 is 11.9. The van der Waals surface area contributed by atoms with E-state index in [2.05, 4.69) is 38.1 Å². The predicted molar refractivity (Wildman–Crippen MR) is 86.5 cm³/mol. The molecule has 1 aliphatic rings. The minimum atomic E-state index is 0.245. The van der Waals surface area contributed by atoms with Crippen molar-refractivity contribution < 1.29 is 9.47 Å². The van der Waals surface area contributed by atoms with Crippen LogP contribution in [0.2, 0.25) is 0 Å². The highest BCUT2D eigenvalue weighted by Crippen LogP contribution is 2.25. The van der Waals surface area contributed by atoms with Gasteiger partial charge in [-0.3, -0.25) is 0 Å². The Morgan fingerprint density at radius 2 is 2.24 bits per heavy atom. The highest BCUT2D eigenvalue weighted by atomic mass is 79.9. The second-order valence-electron chi connectivity index (χ2n) is 5.30. The van der Waals surface area contributed by atoms with Gasteiger partial charge in [-0.2, -0.15) is 0 Å². The van der Waals surface area contributed by atoms with E-state index in [0.29, 0.717) is 6.61 Å². The van der Waals surface area contributed by atoms with Gasteiger partial charge < -0.3 is 14.8 Å². The number of ether oxygens (including phenoxy) is 2. The van der Waals surface area contributed by atoms with Crippen molar-refractivity contribution in [1.82, 2.24) is 9.97 Å². The fourth-order valence-corrected chi connectivity index (χ4v) is 2.83. The van der Waals surface area contributed by atoms with Gasteiger partial charge in [0.25, 0.3) is 0 Å². The Hall–Kier alpha value is -0.720. The molecule has 0 spiro atoms. The van der Waals surface area contributed by atoms with Crippen molar-refractivity contribution in [2.45, 2.75) is 51.7 Å².